The maximum atomic E-state index is 12.6. The number of nitrogens with zero attached hydrogens (tertiary/aromatic N) is 1. The van der Waals surface area contributed by atoms with E-state index < -0.39 is 6.04 Å². The maximum Gasteiger partial charge on any atom is 0.253 e. The number of benzene rings is 1. The first-order valence-electron chi connectivity index (χ1n) is 10.1. The van der Waals surface area contributed by atoms with Crippen LogP contribution in [0.25, 0.3) is 0 Å². The highest BCUT2D eigenvalue weighted by molar-refractivity contribution is 6.36. The van der Waals surface area contributed by atoms with Gasteiger partial charge >= 0.3 is 0 Å². The van der Waals surface area contributed by atoms with Crippen LogP contribution in [0.4, 0.5) is 0 Å². The number of piperidine rings is 1. The lowest BCUT2D eigenvalue weighted by atomic mass is 10.0. The second-order valence-electron chi connectivity index (χ2n) is 7.84. The molecule has 2 unspecified atom stereocenters. The van der Waals surface area contributed by atoms with Crippen LogP contribution in [-0.4, -0.2) is 48.4 Å². The molecule has 156 valence electrons. The average molecular weight is 428 g/mol. The first-order chi connectivity index (χ1) is 13.3. The van der Waals surface area contributed by atoms with Crippen LogP contribution < -0.4 is 10.6 Å². The predicted molar refractivity (Wildman–Crippen MR) is 115 cm³/mol. The molecule has 1 aromatic carbocycles. The van der Waals surface area contributed by atoms with Crippen LogP contribution in [0.15, 0.2) is 18.2 Å². The quantitative estimate of drug-likeness (QED) is 0.613. The summed E-state index contributed by atoms with van der Waals surface area (Å²) in [5.74, 6) is -0.588. The van der Waals surface area contributed by atoms with Gasteiger partial charge in [0, 0.05) is 24.2 Å². The normalized spacial score (nSPS) is 18.7. The van der Waals surface area contributed by atoms with Crippen molar-refractivity contribution in [2.45, 2.75) is 58.5 Å². The van der Waals surface area contributed by atoms with E-state index >= 15 is 0 Å². The highest BCUT2D eigenvalue weighted by atomic mass is 35.5. The number of hydrogen-bond donors (Lipinski definition) is 2. The highest BCUT2D eigenvalue weighted by Gasteiger charge is 2.25. The Morgan fingerprint density at radius 1 is 1.25 bits per heavy atom. The molecule has 1 aliphatic rings. The van der Waals surface area contributed by atoms with Crippen LogP contribution in [-0.2, 0) is 4.79 Å². The molecule has 0 spiro atoms. The van der Waals surface area contributed by atoms with Crippen LogP contribution in [0.1, 0.15) is 56.8 Å². The molecule has 2 amide bonds. The summed E-state index contributed by atoms with van der Waals surface area (Å²) in [5.41, 5.74) is 0.309. The average Bonchev–Trinajstić information content (AvgIpc) is 2.64. The number of nitrogens with one attached hydrogen (secondary N) is 2. The fourth-order valence-corrected chi connectivity index (χ4v) is 4.02. The Morgan fingerprint density at radius 2 is 2.00 bits per heavy atom. The van der Waals surface area contributed by atoms with Crippen molar-refractivity contribution in [3.8, 4) is 0 Å². The lowest BCUT2D eigenvalue weighted by Crippen LogP contribution is -2.50. The predicted octanol–water partition coefficient (Wildman–Crippen LogP) is 4.13. The van der Waals surface area contributed by atoms with Crippen molar-refractivity contribution >= 4 is 35.0 Å². The van der Waals surface area contributed by atoms with Crippen molar-refractivity contribution in [1.82, 2.24) is 15.5 Å². The summed E-state index contributed by atoms with van der Waals surface area (Å²) in [6, 6.07) is 4.69. The van der Waals surface area contributed by atoms with Crippen LogP contribution in [0.5, 0.6) is 0 Å². The zero-order valence-corrected chi connectivity index (χ0v) is 18.4. The fraction of sp³-hybridized carbons (Fsp3) is 0.619. The van der Waals surface area contributed by atoms with E-state index in [1.165, 1.54) is 25.3 Å². The van der Waals surface area contributed by atoms with Gasteiger partial charge in [0.15, 0.2) is 0 Å². The molecule has 1 aliphatic heterocycles. The number of likely N-dealkylation sites (tertiary alicyclic amines) is 1. The summed E-state index contributed by atoms with van der Waals surface area (Å²) >= 11 is 12.0. The van der Waals surface area contributed by atoms with Gasteiger partial charge in [-0.2, -0.15) is 0 Å². The molecule has 0 radical (unpaired) electrons. The Balaban J connectivity index is 1.84. The van der Waals surface area contributed by atoms with E-state index in [0.717, 1.165) is 19.5 Å². The lowest BCUT2D eigenvalue weighted by molar-refractivity contribution is -0.123. The van der Waals surface area contributed by atoms with Crippen molar-refractivity contribution in [3.63, 3.8) is 0 Å². The Bertz CT molecular complexity index is 682. The SMILES string of the molecule is CC(C)C(NC(=O)c1ccc(Cl)cc1Cl)C(=O)NCCCN1CCCCC1C. The molecule has 28 heavy (non-hydrogen) atoms. The van der Waals surface area contributed by atoms with E-state index in [2.05, 4.69) is 22.5 Å². The van der Waals surface area contributed by atoms with Gasteiger partial charge in [-0.05, 0) is 56.8 Å². The molecule has 5 nitrogen and oxygen atoms in total. The third-order valence-electron chi connectivity index (χ3n) is 5.27. The van der Waals surface area contributed by atoms with E-state index in [9.17, 15) is 9.59 Å². The minimum Gasteiger partial charge on any atom is -0.354 e. The van der Waals surface area contributed by atoms with E-state index in [0.29, 0.717) is 23.2 Å². The zero-order chi connectivity index (χ0) is 20.7. The minimum atomic E-state index is -0.617. The van der Waals surface area contributed by atoms with Crippen molar-refractivity contribution in [2.75, 3.05) is 19.6 Å². The van der Waals surface area contributed by atoms with Crippen LogP contribution in [0, 0.1) is 5.92 Å². The molecule has 0 aromatic heterocycles. The van der Waals surface area contributed by atoms with Crippen LogP contribution >= 0.6 is 23.2 Å². The summed E-state index contributed by atoms with van der Waals surface area (Å²) in [6.07, 6.45) is 4.71. The molecular weight excluding hydrogens is 397 g/mol. The standard InChI is InChI=1S/C21H31Cl2N3O2/c1-14(2)19(25-20(27)17-9-8-16(22)13-18(17)23)21(28)24-10-6-12-26-11-5-4-7-15(26)3/h8-9,13-15,19H,4-7,10-12H2,1-3H3,(H,24,28)(H,25,27). The molecule has 0 bridgehead atoms. The molecule has 1 aromatic rings. The van der Waals surface area contributed by atoms with E-state index in [1.807, 2.05) is 13.8 Å². The zero-order valence-electron chi connectivity index (χ0n) is 16.9. The minimum absolute atomic E-state index is 0.0443. The summed E-state index contributed by atoms with van der Waals surface area (Å²) in [4.78, 5) is 27.6. The number of amides is 2. The van der Waals surface area contributed by atoms with Crippen molar-refractivity contribution in [2.24, 2.45) is 5.92 Å². The third-order valence-corrected chi connectivity index (χ3v) is 5.82. The Labute approximate surface area is 178 Å². The number of rotatable bonds is 8. The number of carbonyl (C=O) groups is 2. The smallest absolute Gasteiger partial charge is 0.253 e. The number of hydrogen-bond acceptors (Lipinski definition) is 3. The van der Waals surface area contributed by atoms with Crippen molar-refractivity contribution < 1.29 is 9.59 Å². The van der Waals surface area contributed by atoms with Crippen LogP contribution in [0.3, 0.4) is 0 Å². The molecular formula is C21H31Cl2N3O2. The van der Waals surface area contributed by atoms with E-state index in [1.54, 1.807) is 12.1 Å². The van der Waals surface area contributed by atoms with Crippen molar-refractivity contribution in [3.05, 3.63) is 33.8 Å². The van der Waals surface area contributed by atoms with Gasteiger partial charge in [-0.3, -0.25) is 9.59 Å². The molecule has 2 atom stereocenters. The van der Waals surface area contributed by atoms with Gasteiger partial charge in [0.25, 0.3) is 5.91 Å². The Morgan fingerprint density at radius 3 is 2.64 bits per heavy atom. The van der Waals surface area contributed by atoms with Gasteiger partial charge in [0.1, 0.15) is 6.04 Å². The summed E-state index contributed by atoms with van der Waals surface area (Å²) in [5, 5.41) is 6.49. The van der Waals surface area contributed by atoms with E-state index in [4.69, 9.17) is 23.2 Å². The van der Waals surface area contributed by atoms with Gasteiger partial charge in [-0.1, -0.05) is 43.5 Å². The third kappa shape index (κ3) is 6.64. The molecule has 1 fully saturated rings. The monoisotopic (exact) mass is 427 g/mol. The first-order valence-corrected chi connectivity index (χ1v) is 10.8. The molecule has 7 heteroatoms. The second kappa shape index (κ2) is 11.0. The Hall–Kier alpha value is -1.30. The summed E-state index contributed by atoms with van der Waals surface area (Å²) in [6.45, 7) is 8.81. The molecule has 1 saturated heterocycles. The Kier molecular flexibility index (Phi) is 9.06. The van der Waals surface area contributed by atoms with Gasteiger partial charge < -0.3 is 15.5 Å². The summed E-state index contributed by atoms with van der Waals surface area (Å²) in [7, 11) is 0. The van der Waals surface area contributed by atoms with Gasteiger partial charge in [-0.25, -0.2) is 0 Å². The molecule has 2 N–H and O–H groups in total. The summed E-state index contributed by atoms with van der Waals surface area (Å²) < 4.78 is 0. The van der Waals surface area contributed by atoms with E-state index in [-0.39, 0.29) is 22.8 Å². The second-order valence-corrected chi connectivity index (χ2v) is 8.69. The van der Waals surface area contributed by atoms with Gasteiger partial charge in [0.05, 0.1) is 10.6 Å². The number of halogens is 2. The fourth-order valence-electron chi connectivity index (χ4n) is 3.52. The van der Waals surface area contributed by atoms with Gasteiger partial charge in [0.2, 0.25) is 5.91 Å². The van der Waals surface area contributed by atoms with Crippen molar-refractivity contribution in [1.29, 1.82) is 0 Å². The molecule has 0 aliphatic carbocycles. The molecule has 1 heterocycles. The van der Waals surface area contributed by atoms with Gasteiger partial charge in [-0.15, -0.1) is 0 Å². The highest BCUT2D eigenvalue weighted by Crippen LogP contribution is 2.21. The first kappa shape index (κ1) is 23.0. The maximum absolute atomic E-state index is 12.6. The topological polar surface area (TPSA) is 61.4 Å². The number of carbonyl (C=O) groups excluding carboxylic acids is 2. The van der Waals surface area contributed by atoms with Crippen LogP contribution in [0.2, 0.25) is 10.0 Å². The molecule has 0 saturated carbocycles. The lowest BCUT2D eigenvalue weighted by Gasteiger charge is -2.33. The molecule has 2 rings (SSSR count). The largest absolute Gasteiger partial charge is 0.354 e.